The Morgan fingerprint density at radius 3 is 2.70 bits per heavy atom. The van der Waals surface area contributed by atoms with Gasteiger partial charge in [0.15, 0.2) is 11.5 Å². The molecule has 1 aliphatic heterocycles. The molecule has 118 valence electrons. The molecule has 1 aliphatic rings. The third-order valence-corrected chi connectivity index (χ3v) is 3.67. The minimum atomic E-state index is -0.765. The van der Waals surface area contributed by atoms with Crippen LogP contribution in [-0.2, 0) is 4.65 Å². The molecule has 0 spiro atoms. The van der Waals surface area contributed by atoms with Crippen molar-refractivity contribution in [1.82, 2.24) is 4.98 Å². The molecule has 2 aromatic rings. The van der Waals surface area contributed by atoms with Crippen LogP contribution in [0.1, 0.15) is 12.5 Å². The van der Waals surface area contributed by atoms with E-state index in [0.29, 0.717) is 18.7 Å². The van der Waals surface area contributed by atoms with Gasteiger partial charge in [0.05, 0.1) is 20.0 Å². The quantitative estimate of drug-likeness (QED) is 0.860. The molecule has 0 fully saturated rings. The van der Waals surface area contributed by atoms with Gasteiger partial charge in [0, 0.05) is 24.3 Å². The van der Waals surface area contributed by atoms with Gasteiger partial charge in [0.2, 0.25) is 0 Å². The summed E-state index contributed by atoms with van der Waals surface area (Å²) in [5, 5.41) is 9.47. The highest BCUT2D eigenvalue weighted by Gasteiger charge is 2.24. The van der Waals surface area contributed by atoms with Crippen molar-refractivity contribution in [2.24, 2.45) is 0 Å². The van der Waals surface area contributed by atoms with Crippen molar-refractivity contribution in [3.05, 3.63) is 48.5 Å². The van der Waals surface area contributed by atoms with Crippen LogP contribution in [-0.4, -0.2) is 30.8 Å². The number of hydrogen-bond acceptors (Lipinski definition) is 5. The number of aromatic nitrogens is 1. The number of rotatable bonds is 5. The van der Waals surface area contributed by atoms with Gasteiger partial charge >= 0.3 is 7.12 Å². The Kier molecular flexibility index (Phi) is 4.53. The van der Waals surface area contributed by atoms with Crippen molar-refractivity contribution in [3.8, 4) is 22.6 Å². The summed E-state index contributed by atoms with van der Waals surface area (Å²) in [4.78, 5) is 4.29. The Bertz CT molecular complexity index is 732. The predicted molar refractivity (Wildman–Crippen MR) is 89.2 cm³/mol. The average Bonchev–Trinajstić information content (AvgIpc) is 3.02. The van der Waals surface area contributed by atoms with Gasteiger partial charge < -0.3 is 19.2 Å². The lowest BCUT2D eigenvalue weighted by Gasteiger charge is -2.11. The Balaban J connectivity index is 1.93. The summed E-state index contributed by atoms with van der Waals surface area (Å²) in [5.74, 6) is 1.41. The average molecular weight is 311 g/mol. The van der Waals surface area contributed by atoms with E-state index in [-0.39, 0.29) is 0 Å². The van der Waals surface area contributed by atoms with Crippen LogP contribution in [0.25, 0.3) is 16.7 Å². The zero-order chi connectivity index (χ0) is 16.2. The molecule has 6 heteroatoms. The first-order valence-electron chi connectivity index (χ1n) is 7.50. The molecule has 2 heterocycles. The summed E-state index contributed by atoms with van der Waals surface area (Å²) in [6.07, 6.45) is 5.62. The number of allylic oxidation sites excluding steroid dienone is 1. The molecular weight excluding hydrogens is 293 g/mol. The Morgan fingerprint density at radius 2 is 2.00 bits per heavy atom. The maximum absolute atomic E-state index is 9.47. The van der Waals surface area contributed by atoms with Gasteiger partial charge in [-0.15, -0.1) is 0 Å². The fourth-order valence-corrected chi connectivity index (χ4v) is 2.53. The summed E-state index contributed by atoms with van der Waals surface area (Å²) >= 11 is 0. The van der Waals surface area contributed by atoms with Gasteiger partial charge in [0.1, 0.15) is 0 Å². The molecule has 0 amide bonds. The molecule has 0 aliphatic carbocycles. The van der Waals surface area contributed by atoms with Crippen LogP contribution in [0.2, 0.25) is 6.32 Å². The summed E-state index contributed by atoms with van der Waals surface area (Å²) in [7, 11) is 0.859. The highest BCUT2D eigenvalue weighted by molar-refractivity contribution is 6.47. The minimum Gasteiger partial charge on any atom is -0.542 e. The summed E-state index contributed by atoms with van der Waals surface area (Å²) in [6.45, 7) is 2.52. The molecule has 0 radical (unpaired) electrons. The van der Waals surface area contributed by atoms with E-state index in [1.165, 1.54) is 0 Å². The predicted octanol–water partition coefficient (Wildman–Crippen LogP) is 3.01. The summed E-state index contributed by atoms with van der Waals surface area (Å²) < 4.78 is 16.0. The second kappa shape index (κ2) is 6.75. The lowest BCUT2D eigenvalue weighted by Crippen LogP contribution is -2.08. The van der Waals surface area contributed by atoms with Gasteiger partial charge in [-0.05, 0) is 41.8 Å². The topological polar surface area (TPSA) is 60.8 Å². The number of ether oxygens (including phenoxy) is 2. The highest BCUT2D eigenvalue weighted by Crippen LogP contribution is 2.34. The number of hydrogen-bond donors (Lipinski definition) is 1. The lowest BCUT2D eigenvalue weighted by atomic mass is 9.82. The summed E-state index contributed by atoms with van der Waals surface area (Å²) in [6, 6.07) is 7.82. The first-order valence-corrected chi connectivity index (χ1v) is 7.50. The van der Waals surface area contributed by atoms with E-state index in [9.17, 15) is 5.02 Å². The van der Waals surface area contributed by atoms with Crippen LogP contribution in [0.5, 0.6) is 11.5 Å². The van der Waals surface area contributed by atoms with E-state index in [4.69, 9.17) is 14.1 Å². The SMILES string of the molecule is CCOc1ccc(-c2cncc(C3=COB(O)C3)c2)cc1OC. The van der Waals surface area contributed by atoms with Gasteiger partial charge in [-0.25, -0.2) is 0 Å². The molecule has 1 aromatic heterocycles. The van der Waals surface area contributed by atoms with Gasteiger partial charge in [-0.3, -0.25) is 4.98 Å². The molecule has 5 nitrogen and oxygen atoms in total. The van der Waals surface area contributed by atoms with E-state index in [1.54, 1.807) is 25.8 Å². The first kappa shape index (κ1) is 15.4. The van der Waals surface area contributed by atoms with Gasteiger partial charge in [-0.1, -0.05) is 6.07 Å². The smallest absolute Gasteiger partial charge is 0.526 e. The number of pyridine rings is 1. The fraction of sp³-hybridized carbons (Fsp3) is 0.235. The number of nitrogens with zero attached hydrogens (tertiary/aromatic N) is 1. The second-order valence-electron chi connectivity index (χ2n) is 5.20. The monoisotopic (exact) mass is 311 g/mol. The maximum atomic E-state index is 9.47. The largest absolute Gasteiger partial charge is 0.542 e. The van der Waals surface area contributed by atoms with Crippen LogP contribution in [0, 0.1) is 0 Å². The first-order chi connectivity index (χ1) is 11.2. The van der Waals surface area contributed by atoms with E-state index in [2.05, 4.69) is 4.98 Å². The van der Waals surface area contributed by atoms with E-state index < -0.39 is 7.12 Å². The normalized spacial score (nSPS) is 13.5. The minimum absolute atomic E-state index is 0.470. The Morgan fingerprint density at radius 1 is 1.17 bits per heavy atom. The second-order valence-corrected chi connectivity index (χ2v) is 5.20. The van der Waals surface area contributed by atoms with Crippen molar-refractivity contribution in [1.29, 1.82) is 0 Å². The molecule has 0 saturated carbocycles. The van der Waals surface area contributed by atoms with E-state index in [0.717, 1.165) is 28.0 Å². The summed E-state index contributed by atoms with van der Waals surface area (Å²) in [5.41, 5.74) is 3.82. The number of methoxy groups -OCH3 is 1. The highest BCUT2D eigenvalue weighted by atomic mass is 16.5. The van der Waals surface area contributed by atoms with E-state index in [1.807, 2.05) is 31.2 Å². The van der Waals surface area contributed by atoms with Crippen molar-refractivity contribution in [2.45, 2.75) is 13.2 Å². The third kappa shape index (κ3) is 3.32. The van der Waals surface area contributed by atoms with Crippen molar-refractivity contribution in [3.63, 3.8) is 0 Å². The van der Waals surface area contributed by atoms with Crippen LogP contribution >= 0.6 is 0 Å². The molecule has 0 unspecified atom stereocenters. The maximum Gasteiger partial charge on any atom is 0.526 e. The van der Waals surface area contributed by atoms with Gasteiger partial charge in [-0.2, -0.15) is 0 Å². The lowest BCUT2D eigenvalue weighted by molar-refractivity contribution is 0.311. The third-order valence-electron chi connectivity index (χ3n) is 3.67. The molecule has 3 rings (SSSR count). The molecule has 0 saturated heterocycles. The van der Waals surface area contributed by atoms with Crippen LogP contribution < -0.4 is 9.47 Å². The molecule has 1 N–H and O–H groups in total. The number of benzene rings is 1. The van der Waals surface area contributed by atoms with E-state index >= 15 is 0 Å². The Labute approximate surface area is 135 Å². The molecule has 0 atom stereocenters. The van der Waals surface area contributed by atoms with Crippen LogP contribution in [0.3, 0.4) is 0 Å². The molecule has 1 aromatic carbocycles. The van der Waals surface area contributed by atoms with Crippen molar-refractivity contribution in [2.75, 3.05) is 13.7 Å². The van der Waals surface area contributed by atoms with Gasteiger partial charge in [0.25, 0.3) is 0 Å². The zero-order valence-electron chi connectivity index (χ0n) is 13.2. The zero-order valence-corrected chi connectivity index (χ0v) is 13.2. The van der Waals surface area contributed by atoms with Crippen LogP contribution in [0.15, 0.2) is 42.9 Å². The fourth-order valence-electron chi connectivity index (χ4n) is 2.53. The van der Waals surface area contributed by atoms with Crippen molar-refractivity contribution >= 4 is 12.7 Å². The molecular formula is C17H18BNO4. The molecule has 0 bridgehead atoms. The standard InChI is InChI=1S/C17H18BNO4/c1-3-22-16-5-4-12(7-17(16)21-2)13-6-14(10-19-9-13)15-8-18(20)23-11-15/h4-7,9-11,20H,3,8H2,1-2H3. The van der Waals surface area contributed by atoms with Crippen LogP contribution in [0.4, 0.5) is 0 Å². The Hall–Kier alpha value is -2.47. The molecule has 23 heavy (non-hydrogen) atoms. The van der Waals surface area contributed by atoms with Crippen molar-refractivity contribution < 1.29 is 19.2 Å².